The van der Waals surface area contributed by atoms with E-state index in [9.17, 15) is 0 Å². The number of fused-ring (bicyclic) bond motifs is 1. The van der Waals surface area contributed by atoms with Gasteiger partial charge in [-0.15, -0.1) is 47.5 Å². The Hall–Kier alpha value is -0.630. The van der Waals surface area contributed by atoms with Gasteiger partial charge in [-0.05, 0) is 42.0 Å². The Labute approximate surface area is 166 Å². The van der Waals surface area contributed by atoms with Crippen molar-refractivity contribution in [3.05, 3.63) is 38.6 Å². The summed E-state index contributed by atoms with van der Waals surface area (Å²) >= 11 is 9.45. The second-order valence-corrected chi connectivity index (χ2v) is 7.58. The average molecular weight is 426 g/mol. The summed E-state index contributed by atoms with van der Waals surface area (Å²) in [6, 6.07) is 6.38. The summed E-state index contributed by atoms with van der Waals surface area (Å²) in [7, 11) is 0. The molecule has 0 radical (unpaired) electrons. The van der Waals surface area contributed by atoms with Crippen LogP contribution in [-0.2, 0) is 13.0 Å². The normalized spacial score (nSPS) is 11.6. The van der Waals surface area contributed by atoms with Gasteiger partial charge in [-0.25, -0.2) is 4.98 Å². The van der Waals surface area contributed by atoms with Gasteiger partial charge in [0.25, 0.3) is 0 Å². The number of nitrogens with one attached hydrogen (secondary N) is 1. The third kappa shape index (κ3) is 5.18. The van der Waals surface area contributed by atoms with Gasteiger partial charge < -0.3 is 11.1 Å². The first-order chi connectivity index (χ1) is 10.7. The van der Waals surface area contributed by atoms with Crippen LogP contribution >= 0.6 is 59.1 Å². The van der Waals surface area contributed by atoms with E-state index in [1.165, 1.54) is 9.75 Å². The Morgan fingerprint density at radius 1 is 1.29 bits per heavy atom. The van der Waals surface area contributed by atoms with Crippen LogP contribution in [0, 0.1) is 0 Å². The highest BCUT2D eigenvalue weighted by atomic mass is 35.5. The largest absolute Gasteiger partial charge is 0.364 e. The summed E-state index contributed by atoms with van der Waals surface area (Å²) < 4.78 is 1.04. The van der Waals surface area contributed by atoms with Gasteiger partial charge in [0.15, 0.2) is 0 Å². The Morgan fingerprint density at radius 2 is 2.08 bits per heavy atom. The molecule has 24 heavy (non-hydrogen) atoms. The second kappa shape index (κ2) is 9.75. The van der Waals surface area contributed by atoms with Crippen molar-refractivity contribution >= 4 is 75.1 Å². The molecule has 3 aromatic heterocycles. The highest BCUT2D eigenvalue weighted by Crippen LogP contribution is 2.32. The Morgan fingerprint density at radius 3 is 2.75 bits per heavy atom. The molecule has 4 nitrogen and oxygen atoms in total. The molecule has 9 heteroatoms. The van der Waals surface area contributed by atoms with E-state index in [1.54, 1.807) is 22.7 Å². The number of hydrogen-bond donors (Lipinski definition) is 2. The molecule has 3 heterocycles. The number of rotatable bonds is 6. The van der Waals surface area contributed by atoms with Crippen LogP contribution < -0.4 is 11.1 Å². The number of anilines is 1. The highest BCUT2D eigenvalue weighted by Gasteiger charge is 2.13. The molecular weight excluding hydrogens is 407 g/mol. The van der Waals surface area contributed by atoms with Gasteiger partial charge in [0.05, 0.1) is 16.8 Å². The zero-order valence-electron chi connectivity index (χ0n) is 13.0. The molecule has 0 aliphatic carbocycles. The van der Waals surface area contributed by atoms with Crippen LogP contribution in [0.15, 0.2) is 23.6 Å². The summed E-state index contributed by atoms with van der Waals surface area (Å²) in [4.78, 5) is 11.1. The predicted molar refractivity (Wildman–Crippen MR) is 111 cm³/mol. The zero-order chi connectivity index (χ0) is 15.5. The smallest absolute Gasteiger partial charge is 0.224 e. The van der Waals surface area contributed by atoms with Gasteiger partial charge in [0, 0.05) is 15.8 Å². The van der Waals surface area contributed by atoms with E-state index in [0.29, 0.717) is 0 Å². The molecule has 0 aliphatic rings. The van der Waals surface area contributed by atoms with Crippen LogP contribution in [0.25, 0.3) is 10.2 Å². The first-order valence-electron chi connectivity index (χ1n) is 7.13. The van der Waals surface area contributed by atoms with E-state index in [0.717, 1.165) is 35.4 Å². The van der Waals surface area contributed by atoms with Gasteiger partial charge in [0.1, 0.15) is 5.82 Å². The van der Waals surface area contributed by atoms with Crippen molar-refractivity contribution in [1.82, 2.24) is 9.97 Å². The van der Waals surface area contributed by atoms with E-state index in [2.05, 4.69) is 39.7 Å². The molecule has 0 saturated heterocycles. The minimum Gasteiger partial charge on any atom is -0.364 e. The molecule has 3 N–H and O–H groups in total. The first kappa shape index (κ1) is 21.4. The van der Waals surface area contributed by atoms with Crippen molar-refractivity contribution < 1.29 is 0 Å². The Bertz CT molecular complexity index is 762. The Kier molecular flexibility index (Phi) is 8.70. The summed E-state index contributed by atoms with van der Waals surface area (Å²) in [6.45, 7) is 2.84. The van der Waals surface area contributed by atoms with Crippen LogP contribution in [0.1, 0.15) is 23.1 Å². The van der Waals surface area contributed by atoms with E-state index >= 15 is 0 Å². The third-order valence-corrected chi connectivity index (χ3v) is 5.59. The third-order valence-electron chi connectivity index (χ3n) is 3.39. The molecule has 0 saturated carbocycles. The molecule has 0 spiro atoms. The van der Waals surface area contributed by atoms with Crippen molar-refractivity contribution in [3.8, 4) is 0 Å². The maximum Gasteiger partial charge on any atom is 0.224 e. The van der Waals surface area contributed by atoms with Crippen LogP contribution in [0.3, 0.4) is 0 Å². The molecule has 3 aromatic rings. The van der Waals surface area contributed by atoms with Crippen LogP contribution in [0.4, 0.5) is 5.82 Å². The topological polar surface area (TPSA) is 63.8 Å². The summed E-state index contributed by atoms with van der Waals surface area (Å²) in [5, 5.41) is 5.70. The minimum atomic E-state index is 0. The van der Waals surface area contributed by atoms with E-state index in [4.69, 9.17) is 17.3 Å². The number of nitrogens with zero attached hydrogens (tertiary/aromatic N) is 2. The Balaban J connectivity index is 0.00000144. The maximum absolute atomic E-state index is 6.05. The number of nitrogens with two attached hydrogens (primary N) is 1. The van der Waals surface area contributed by atoms with Crippen molar-refractivity contribution in [2.75, 3.05) is 5.32 Å². The number of hydrogen-bond acceptors (Lipinski definition) is 6. The lowest BCUT2D eigenvalue weighted by Crippen LogP contribution is -2.20. The van der Waals surface area contributed by atoms with Gasteiger partial charge in [0.2, 0.25) is 5.28 Å². The van der Waals surface area contributed by atoms with Gasteiger partial charge in [-0.2, -0.15) is 4.98 Å². The maximum atomic E-state index is 6.05. The van der Waals surface area contributed by atoms with Crippen molar-refractivity contribution in [2.45, 2.75) is 32.4 Å². The summed E-state index contributed by atoms with van der Waals surface area (Å²) in [5.74, 6) is 0.796. The summed E-state index contributed by atoms with van der Waals surface area (Å²) in [5.41, 5.74) is 6.93. The molecule has 0 aromatic carbocycles. The molecule has 0 amide bonds. The second-order valence-electron chi connectivity index (χ2n) is 5.07. The number of halogens is 3. The number of aromatic nitrogens is 2. The fourth-order valence-corrected chi connectivity index (χ4v) is 4.13. The fourth-order valence-electron chi connectivity index (χ4n) is 2.16. The SMILES string of the molecule is CC[C@H](N)Cc1cc2nc(Cl)nc(NCc3cccs3)c2s1.Cl.Cl. The molecule has 3 rings (SSSR count). The fraction of sp³-hybridized carbons (Fsp3) is 0.333. The molecule has 0 bridgehead atoms. The minimum absolute atomic E-state index is 0. The van der Waals surface area contributed by atoms with Crippen LogP contribution in [0.5, 0.6) is 0 Å². The molecule has 0 aliphatic heterocycles. The highest BCUT2D eigenvalue weighted by molar-refractivity contribution is 7.19. The number of thiophene rings is 2. The monoisotopic (exact) mass is 424 g/mol. The lowest BCUT2D eigenvalue weighted by Gasteiger charge is -2.05. The van der Waals surface area contributed by atoms with Crippen LogP contribution in [-0.4, -0.2) is 16.0 Å². The van der Waals surface area contributed by atoms with Gasteiger partial charge in [-0.3, -0.25) is 0 Å². The van der Waals surface area contributed by atoms with Crippen molar-refractivity contribution in [1.29, 1.82) is 0 Å². The molecule has 1 atom stereocenters. The first-order valence-corrected chi connectivity index (χ1v) is 9.21. The van der Waals surface area contributed by atoms with E-state index in [1.807, 2.05) is 6.07 Å². The molecule has 132 valence electrons. The molecule has 0 fully saturated rings. The molecule has 0 unspecified atom stereocenters. The predicted octanol–water partition coefficient (Wildman–Crippen LogP) is 5.14. The quantitative estimate of drug-likeness (QED) is 0.537. The van der Waals surface area contributed by atoms with Crippen molar-refractivity contribution in [3.63, 3.8) is 0 Å². The lowest BCUT2D eigenvalue weighted by molar-refractivity contribution is 0.652. The van der Waals surface area contributed by atoms with Gasteiger partial charge in [-0.1, -0.05) is 13.0 Å². The van der Waals surface area contributed by atoms with Gasteiger partial charge >= 0.3 is 0 Å². The van der Waals surface area contributed by atoms with Crippen molar-refractivity contribution in [2.24, 2.45) is 5.73 Å². The lowest BCUT2D eigenvalue weighted by atomic mass is 10.1. The van der Waals surface area contributed by atoms with Crippen LogP contribution in [0.2, 0.25) is 5.28 Å². The van der Waals surface area contributed by atoms with E-state index in [-0.39, 0.29) is 36.1 Å². The van der Waals surface area contributed by atoms with E-state index < -0.39 is 0 Å². The summed E-state index contributed by atoms with van der Waals surface area (Å²) in [6.07, 6.45) is 1.82. The average Bonchev–Trinajstić information content (AvgIpc) is 3.13. The standard InChI is InChI=1S/C15H17ClN4S2.2ClH/c1-2-9(17)6-11-7-12-13(22-11)14(20-15(16)19-12)18-8-10-4-3-5-21-10;;/h3-5,7,9H,2,6,8,17H2,1H3,(H,18,19,20);2*1H/t9-;;/m0../s1. The molecular formula is C15H19Cl3N4S2. The zero-order valence-corrected chi connectivity index (χ0v) is 17.0.